The number of rotatable bonds is 7. The molecule has 0 aliphatic heterocycles. The Bertz CT molecular complexity index is 856. The molecular formula is C17H13F5N2O3. The van der Waals surface area contributed by atoms with E-state index in [1.165, 1.54) is 24.3 Å². The van der Waals surface area contributed by atoms with Crippen LogP contribution in [0.2, 0.25) is 0 Å². The molecule has 10 heteroatoms. The number of hydrogen-bond donors (Lipinski definition) is 2. The van der Waals surface area contributed by atoms with Crippen LogP contribution in [-0.4, -0.2) is 23.4 Å². The summed E-state index contributed by atoms with van der Waals surface area (Å²) in [5, 5.41) is 12.3. The summed E-state index contributed by atoms with van der Waals surface area (Å²) in [7, 11) is 0. The van der Waals surface area contributed by atoms with E-state index in [1.807, 2.05) is 5.43 Å². The van der Waals surface area contributed by atoms with Crippen LogP contribution >= 0.6 is 0 Å². The molecule has 2 N–H and O–H groups in total. The lowest BCUT2D eigenvalue weighted by atomic mass is 10.1. The zero-order chi connectivity index (χ0) is 20.1. The molecule has 0 saturated carbocycles. The van der Waals surface area contributed by atoms with E-state index < -0.39 is 47.3 Å². The van der Waals surface area contributed by atoms with Crippen molar-refractivity contribution in [2.75, 3.05) is 12.0 Å². The van der Waals surface area contributed by atoms with E-state index in [-0.39, 0.29) is 17.9 Å². The lowest BCUT2D eigenvalue weighted by Gasteiger charge is -2.10. The van der Waals surface area contributed by atoms with Gasteiger partial charge in [-0.2, -0.15) is 5.10 Å². The summed E-state index contributed by atoms with van der Waals surface area (Å²) in [5.41, 5.74) is 1.33. The van der Waals surface area contributed by atoms with Crippen molar-refractivity contribution in [2.24, 2.45) is 5.10 Å². The van der Waals surface area contributed by atoms with Crippen LogP contribution in [0.3, 0.4) is 0 Å². The van der Waals surface area contributed by atoms with Crippen molar-refractivity contribution >= 4 is 17.4 Å². The average molecular weight is 388 g/mol. The molecule has 0 radical (unpaired) electrons. The molecule has 2 aromatic carbocycles. The number of nitrogens with zero attached hydrogens (tertiary/aromatic N) is 1. The molecule has 0 aliphatic rings. The predicted octanol–water partition coefficient (Wildman–Crippen LogP) is 4.07. The summed E-state index contributed by atoms with van der Waals surface area (Å²) < 4.78 is 71.7. The number of aliphatic carboxylic acids is 1. The monoisotopic (exact) mass is 388 g/mol. The number of halogens is 5. The molecular weight excluding hydrogens is 375 g/mol. The van der Waals surface area contributed by atoms with Gasteiger partial charge in [0, 0.05) is 0 Å². The normalized spacial score (nSPS) is 11.4. The molecule has 0 saturated heterocycles. The minimum Gasteiger partial charge on any atom is -0.482 e. The highest BCUT2D eigenvalue weighted by Gasteiger charge is 2.25. The van der Waals surface area contributed by atoms with Gasteiger partial charge in [-0.3, -0.25) is 5.43 Å². The van der Waals surface area contributed by atoms with Gasteiger partial charge in [-0.1, -0.05) is 6.92 Å². The highest BCUT2D eigenvalue weighted by atomic mass is 19.2. The number of carbonyl (C=O) groups is 1. The highest BCUT2D eigenvalue weighted by Crippen LogP contribution is 2.27. The second kappa shape index (κ2) is 8.47. The van der Waals surface area contributed by atoms with E-state index >= 15 is 0 Å². The Hall–Kier alpha value is -3.17. The summed E-state index contributed by atoms with van der Waals surface area (Å²) in [6.07, 6.45) is 0.262. The van der Waals surface area contributed by atoms with Gasteiger partial charge in [0.25, 0.3) is 0 Å². The first-order valence-corrected chi connectivity index (χ1v) is 7.55. The SMILES string of the molecule is CC/C(=N/Nc1c(F)c(F)c(F)c(F)c1F)c1ccc(OCC(=O)O)cc1. The Morgan fingerprint density at radius 3 is 2.00 bits per heavy atom. The molecule has 144 valence electrons. The molecule has 5 nitrogen and oxygen atoms in total. The van der Waals surface area contributed by atoms with E-state index in [4.69, 9.17) is 9.84 Å². The molecule has 0 fully saturated rings. The van der Waals surface area contributed by atoms with Gasteiger partial charge in [0.2, 0.25) is 5.82 Å². The molecule has 0 aromatic heterocycles. The van der Waals surface area contributed by atoms with Crippen LogP contribution in [0.1, 0.15) is 18.9 Å². The van der Waals surface area contributed by atoms with Crippen LogP contribution in [0.25, 0.3) is 0 Å². The third-order valence-electron chi connectivity index (χ3n) is 3.40. The lowest BCUT2D eigenvalue weighted by Crippen LogP contribution is -2.10. The smallest absolute Gasteiger partial charge is 0.341 e. The van der Waals surface area contributed by atoms with Gasteiger partial charge in [-0.05, 0) is 36.2 Å². The molecule has 0 spiro atoms. The van der Waals surface area contributed by atoms with Crippen molar-refractivity contribution in [3.05, 3.63) is 58.9 Å². The zero-order valence-corrected chi connectivity index (χ0v) is 13.8. The predicted molar refractivity (Wildman–Crippen MR) is 86.3 cm³/mol. The quantitative estimate of drug-likeness (QED) is 0.247. The van der Waals surface area contributed by atoms with Gasteiger partial charge in [-0.15, -0.1) is 0 Å². The van der Waals surface area contributed by atoms with Crippen molar-refractivity contribution in [3.63, 3.8) is 0 Å². The second-order valence-corrected chi connectivity index (χ2v) is 5.18. The van der Waals surface area contributed by atoms with Crippen LogP contribution in [0.15, 0.2) is 29.4 Å². The van der Waals surface area contributed by atoms with Crippen molar-refractivity contribution in [1.29, 1.82) is 0 Å². The first-order valence-electron chi connectivity index (χ1n) is 7.55. The third-order valence-corrected chi connectivity index (χ3v) is 3.40. The van der Waals surface area contributed by atoms with Crippen LogP contribution in [0.4, 0.5) is 27.6 Å². The topological polar surface area (TPSA) is 70.9 Å². The Labute approximate surface area is 150 Å². The van der Waals surface area contributed by atoms with Gasteiger partial charge in [0.1, 0.15) is 11.4 Å². The number of benzene rings is 2. The van der Waals surface area contributed by atoms with E-state index in [0.717, 1.165) is 0 Å². The summed E-state index contributed by atoms with van der Waals surface area (Å²) in [4.78, 5) is 10.4. The number of carboxylic acids is 1. The molecule has 0 bridgehead atoms. The number of carboxylic acid groups (broad SMARTS) is 1. The first kappa shape index (κ1) is 20.1. The third kappa shape index (κ3) is 4.52. The van der Waals surface area contributed by atoms with Crippen LogP contribution in [0, 0.1) is 29.1 Å². The number of hydrazone groups is 1. The van der Waals surface area contributed by atoms with E-state index in [9.17, 15) is 26.7 Å². The molecule has 2 rings (SSSR count). The minimum atomic E-state index is -2.26. The Balaban J connectivity index is 2.26. The lowest BCUT2D eigenvalue weighted by molar-refractivity contribution is -0.139. The second-order valence-electron chi connectivity index (χ2n) is 5.18. The maximum absolute atomic E-state index is 13.6. The maximum Gasteiger partial charge on any atom is 0.341 e. The number of ether oxygens (including phenoxy) is 1. The largest absolute Gasteiger partial charge is 0.482 e. The van der Waals surface area contributed by atoms with Gasteiger partial charge in [0.05, 0.1) is 5.71 Å². The van der Waals surface area contributed by atoms with E-state index in [0.29, 0.717) is 5.56 Å². The van der Waals surface area contributed by atoms with Gasteiger partial charge in [0.15, 0.2) is 29.9 Å². The molecule has 27 heavy (non-hydrogen) atoms. The Morgan fingerprint density at radius 1 is 1.00 bits per heavy atom. The van der Waals surface area contributed by atoms with Gasteiger partial charge >= 0.3 is 5.97 Å². The molecule has 0 heterocycles. The van der Waals surface area contributed by atoms with Crippen LogP contribution in [0.5, 0.6) is 5.75 Å². The zero-order valence-electron chi connectivity index (χ0n) is 13.8. The summed E-state index contributed by atoms with van der Waals surface area (Å²) in [5.74, 6) is -11.3. The highest BCUT2D eigenvalue weighted by molar-refractivity contribution is 6.00. The van der Waals surface area contributed by atoms with Crippen LogP contribution in [-0.2, 0) is 4.79 Å². The fourth-order valence-corrected chi connectivity index (χ4v) is 2.06. The van der Waals surface area contributed by atoms with Crippen molar-refractivity contribution in [1.82, 2.24) is 0 Å². The van der Waals surface area contributed by atoms with Gasteiger partial charge in [-0.25, -0.2) is 26.7 Å². The maximum atomic E-state index is 13.6. The van der Waals surface area contributed by atoms with Gasteiger partial charge < -0.3 is 9.84 Å². The molecule has 2 aromatic rings. The Morgan fingerprint density at radius 2 is 1.52 bits per heavy atom. The summed E-state index contributed by atoms with van der Waals surface area (Å²) >= 11 is 0. The molecule has 0 unspecified atom stereocenters. The number of anilines is 1. The molecule has 0 amide bonds. The van der Waals surface area contributed by atoms with Crippen molar-refractivity contribution < 1.29 is 36.6 Å². The first-order chi connectivity index (χ1) is 12.8. The molecule has 0 atom stereocenters. The van der Waals surface area contributed by atoms with E-state index in [1.54, 1.807) is 6.92 Å². The van der Waals surface area contributed by atoms with Crippen LogP contribution < -0.4 is 10.2 Å². The number of nitrogens with one attached hydrogen (secondary N) is 1. The molecule has 0 aliphatic carbocycles. The Kier molecular flexibility index (Phi) is 6.32. The minimum absolute atomic E-state index is 0.253. The van der Waals surface area contributed by atoms with Crippen molar-refractivity contribution in [3.8, 4) is 5.75 Å². The fraction of sp³-hybridized carbons (Fsp3) is 0.176. The standard InChI is InChI=1S/C17H13F5N2O3/c1-2-10(8-3-5-9(6-4-8)27-7-11(25)26)23-24-17-15(21)13(19)12(18)14(20)16(17)22/h3-6,24H,2,7H2,1H3,(H,25,26)/b23-10-. The summed E-state index contributed by atoms with van der Waals surface area (Å²) in [6, 6.07) is 5.89. The van der Waals surface area contributed by atoms with Crippen molar-refractivity contribution in [2.45, 2.75) is 13.3 Å². The fourth-order valence-electron chi connectivity index (χ4n) is 2.06. The van der Waals surface area contributed by atoms with E-state index in [2.05, 4.69) is 5.10 Å². The number of hydrogen-bond acceptors (Lipinski definition) is 4. The summed E-state index contributed by atoms with van der Waals surface area (Å²) in [6.45, 7) is 1.13. The average Bonchev–Trinajstić information content (AvgIpc) is 2.66.